The molecule has 0 bridgehead atoms. The lowest BCUT2D eigenvalue weighted by molar-refractivity contribution is 0.314. The van der Waals surface area contributed by atoms with Crippen molar-refractivity contribution in [2.75, 3.05) is 6.54 Å². The van der Waals surface area contributed by atoms with Crippen LogP contribution in [0.1, 0.15) is 12.5 Å². The van der Waals surface area contributed by atoms with E-state index in [0.29, 0.717) is 6.54 Å². The summed E-state index contributed by atoms with van der Waals surface area (Å²) in [5.74, 6) is 0.277. The Morgan fingerprint density at radius 1 is 1.62 bits per heavy atom. The van der Waals surface area contributed by atoms with Crippen LogP contribution in [0.3, 0.4) is 0 Å². The standard InChI is InChI=1S/C11H16BrN3O/c1-8(11(13)15-16)6-14-7-9-3-2-4-10(12)5-9/h2-5,8,14,16H,6-7H2,1H3,(H2,13,15). The molecule has 0 spiro atoms. The number of hydrogen-bond donors (Lipinski definition) is 3. The number of oxime groups is 1. The van der Waals surface area contributed by atoms with Crippen LogP contribution in [0.2, 0.25) is 0 Å². The fourth-order valence-electron chi connectivity index (χ4n) is 1.28. The van der Waals surface area contributed by atoms with Gasteiger partial charge in [-0.3, -0.25) is 0 Å². The van der Waals surface area contributed by atoms with Crippen molar-refractivity contribution in [1.29, 1.82) is 0 Å². The molecule has 0 aromatic heterocycles. The largest absolute Gasteiger partial charge is 0.409 e. The highest BCUT2D eigenvalue weighted by Gasteiger charge is 2.06. The number of nitrogens with one attached hydrogen (secondary N) is 1. The second-order valence-corrected chi connectivity index (χ2v) is 4.60. The molecule has 0 fully saturated rings. The normalized spacial score (nSPS) is 13.8. The minimum Gasteiger partial charge on any atom is -0.409 e. The maximum Gasteiger partial charge on any atom is 0.143 e. The Morgan fingerprint density at radius 2 is 2.38 bits per heavy atom. The third-order valence-electron chi connectivity index (χ3n) is 2.29. The number of hydrogen-bond acceptors (Lipinski definition) is 3. The maximum absolute atomic E-state index is 8.49. The lowest BCUT2D eigenvalue weighted by atomic mass is 10.1. The van der Waals surface area contributed by atoms with Crippen LogP contribution >= 0.6 is 15.9 Å². The average molecular weight is 286 g/mol. The Kier molecular flexibility index (Phi) is 5.28. The molecule has 88 valence electrons. The topological polar surface area (TPSA) is 70.6 Å². The number of halogens is 1. The van der Waals surface area contributed by atoms with Gasteiger partial charge in [-0.15, -0.1) is 0 Å². The average Bonchev–Trinajstić information content (AvgIpc) is 2.28. The molecule has 4 nitrogen and oxygen atoms in total. The van der Waals surface area contributed by atoms with Gasteiger partial charge in [-0.25, -0.2) is 0 Å². The summed E-state index contributed by atoms with van der Waals surface area (Å²) >= 11 is 3.42. The lowest BCUT2D eigenvalue weighted by Gasteiger charge is -2.11. The molecule has 0 saturated heterocycles. The Bertz CT molecular complexity index is 368. The van der Waals surface area contributed by atoms with E-state index in [1.165, 1.54) is 5.56 Å². The highest BCUT2D eigenvalue weighted by Crippen LogP contribution is 2.11. The first kappa shape index (κ1) is 13.0. The van der Waals surface area contributed by atoms with Crippen LogP contribution in [0, 0.1) is 5.92 Å². The van der Waals surface area contributed by atoms with E-state index in [1.807, 2.05) is 25.1 Å². The van der Waals surface area contributed by atoms with Gasteiger partial charge in [0, 0.05) is 23.5 Å². The molecule has 0 aliphatic carbocycles. The SMILES string of the molecule is CC(CNCc1cccc(Br)c1)C(N)=NO. The van der Waals surface area contributed by atoms with Gasteiger partial charge in [0.1, 0.15) is 5.84 Å². The molecular formula is C11H16BrN3O. The van der Waals surface area contributed by atoms with Crippen LogP contribution in [-0.4, -0.2) is 17.6 Å². The second kappa shape index (κ2) is 6.50. The molecular weight excluding hydrogens is 270 g/mol. The van der Waals surface area contributed by atoms with Gasteiger partial charge in [-0.2, -0.15) is 0 Å². The summed E-state index contributed by atoms with van der Waals surface area (Å²) in [6.07, 6.45) is 0. The molecule has 16 heavy (non-hydrogen) atoms. The van der Waals surface area contributed by atoms with Crippen molar-refractivity contribution in [3.63, 3.8) is 0 Å². The van der Waals surface area contributed by atoms with Crippen molar-refractivity contribution in [3.05, 3.63) is 34.3 Å². The summed E-state index contributed by atoms with van der Waals surface area (Å²) in [6, 6.07) is 8.09. The van der Waals surface area contributed by atoms with Crippen molar-refractivity contribution < 1.29 is 5.21 Å². The lowest BCUT2D eigenvalue weighted by Crippen LogP contribution is -2.31. The summed E-state index contributed by atoms with van der Waals surface area (Å²) in [6.45, 7) is 3.36. The number of benzene rings is 1. The Balaban J connectivity index is 2.36. The van der Waals surface area contributed by atoms with E-state index in [2.05, 4.69) is 32.5 Å². The van der Waals surface area contributed by atoms with Gasteiger partial charge < -0.3 is 16.3 Å². The summed E-state index contributed by atoms with van der Waals surface area (Å²) in [5.41, 5.74) is 6.67. The monoisotopic (exact) mass is 285 g/mol. The Morgan fingerprint density at radius 3 is 3.00 bits per heavy atom. The third kappa shape index (κ3) is 4.20. The molecule has 0 aliphatic rings. The molecule has 0 heterocycles. The fraction of sp³-hybridized carbons (Fsp3) is 0.364. The first-order valence-electron chi connectivity index (χ1n) is 5.06. The van der Waals surface area contributed by atoms with E-state index >= 15 is 0 Å². The number of nitrogens with zero attached hydrogens (tertiary/aromatic N) is 1. The maximum atomic E-state index is 8.49. The van der Waals surface area contributed by atoms with Crippen LogP contribution in [0.5, 0.6) is 0 Å². The van der Waals surface area contributed by atoms with Gasteiger partial charge in [0.05, 0.1) is 0 Å². The number of nitrogens with two attached hydrogens (primary N) is 1. The van der Waals surface area contributed by atoms with E-state index in [0.717, 1.165) is 11.0 Å². The number of rotatable bonds is 5. The Labute approximate surface area is 104 Å². The summed E-state index contributed by atoms with van der Waals surface area (Å²) in [7, 11) is 0. The second-order valence-electron chi connectivity index (χ2n) is 3.69. The van der Waals surface area contributed by atoms with Gasteiger partial charge >= 0.3 is 0 Å². The van der Waals surface area contributed by atoms with Crippen molar-refractivity contribution in [3.8, 4) is 0 Å². The quantitative estimate of drug-likeness (QED) is 0.335. The van der Waals surface area contributed by atoms with Gasteiger partial charge in [0.25, 0.3) is 0 Å². The van der Waals surface area contributed by atoms with E-state index in [-0.39, 0.29) is 11.8 Å². The third-order valence-corrected chi connectivity index (χ3v) is 2.78. The molecule has 1 unspecified atom stereocenters. The van der Waals surface area contributed by atoms with E-state index in [9.17, 15) is 0 Å². The summed E-state index contributed by atoms with van der Waals surface area (Å²) in [4.78, 5) is 0. The smallest absolute Gasteiger partial charge is 0.143 e. The molecule has 1 rings (SSSR count). The molecule has 1 atom stereocenters. The molecule has 4 N–H and O–H groups in total. The Hall–Kier alpha value is -1.07. The van der Waals surface area contributed by atoms with Gasteiger partial charge in [0.15, 0.2) is 0 Å². The predicted octanol–water partition coefficient (Wildman–Crippen LogP) is 1.92. The molecule has 0 radical (unpaired) electrons. The zero-order chi connectivity index (χ0) is 12.0. The molecule has 1 aromatic carbocycles. The highest BCUT2D eigenvalue weighted by atomic mass is 79.9. The summed E-state index contributed by atoms with van der Waals surface area (Å²) in [5, 5.41) is 14.7. The van der Waals surface area contributed by atoms with Crippen molar-refractivity contribution >= 4 is 21.8 Å². The van der Waals surface area contributed by atoms with E-state index < -0.39 is 0 Å². The molecule has 5 heteroatoms. The first-order valence-corrected chi connectivity index (χ1v) is 5.85. The minimum atomic E-state index is 0.0251. The zero-order valence-electron chi connectivity index (χ0n) is 9.15. The van der Waals surface area contributed by atoms with Gasteiger partial charge in [-0.1, -0.05) is 40.1 Å². The summed E-state index contributed by atoms with van der Waals surface area (Å²) < 4.78 is 1.07. The van der Waals surface area contributed by atoms with Crippen LogP contribution < -0.4 is 11.1 Å². The molecule has 1 aromatic rings. The van der Waals surface area contributed by atoms with E-state index in [1.54, 1.807) is 0 Å². The first-order chi connectivity index (χ1) is 7.63. The van der Waals surface area contributed by atoms with Crippen molar-refractivity contribution in [2.45, 2.75) is 13.5 Å². The predicted molar refractivity (Wildman–Crippen MR) is 68.4 cm³/mol. The van der Waals surface area contributed by atoms with Crippen LogP contribution in [0.15, 0.2) is 33.9 Å². The van der Waals surface area contributed by atoms with Crippen molar-refractivity contribution in [1.82, 2.24) is 5.32 Å². The zero-order valence-corrected chi connectivity index (χ0v) is 10.7. The van der Waals surface area contributed by atoms with Gasteiger partial charge in [0.2, 0.25) is 0 Å². The van der Waals surface area contributed by atoms with Crippen LogP contribution in [0.4, 0.5) is 0 Å². The fourth-order valence-corrected chi connectivity index (χ4v) is 1.73. The van der Waals surface area contributed by atoms with E-state index in [4.69, 9.17) is 10.9 Å². The van der Waals surface area contributed by atoms with Gasteiger partial charge in [-0.05, 0) is 17.7 Å². The van der Waals surface area contributed by atoms with Crippen LogP contribution in [0.25, 0.3) is 0 Å². The minimum absolute atomic E-state index is 0.0251. The highest BCUT2D eigenvalue weighted by molar-refractivity contribution is 9.10. The number of amidine groups is 1. The molecule has 0 saturated carbocycles. The van der Waals surface area contributed by atoms with Crippen LogP contribution in [-0.2, 0) is 6.54 Å². The van der Waals surface area contributed by atoms with Crippen molar-refractivity contribution in [2.24, 2.45) is 16.8 Å². The molecule has 0 aliphatic heterocycles. The molecule has 0 amide bonds.